The predicted octanol–water partition coefficient (Wildman–Crippen LogP) is 10.3. The molecular weight excluding hydrogens is 458 g/mol. The lowest BCUT2D eigenvalue weighted by Crippen LogP contribution is -2.14. The minimum absolute atomic E-state index is 0.0100. The zero-order chi connectivity index (χ0) is 25.7. The van der Waals surface area contributed by atoms with Gasteiger partial charge in [0.25, 0.3) is 0 Å². The van der Waals surface area contributed by atoms with Crippen molar-refractivity contribution >= 4 is 27.8 Å². The van der Waals surface area contributed by atoms with E-state index in [1.165, 1.54) is 44.2 Å². The Morgan fingerprint density at radius 1 is 0.447 bits per heavy atom. The summed E-state index contributed by atoms with van der Waals surface area (Å²) < 4.78 is 0. The maximum atomic E-state index is 2.42. The summed E-state index contributed by atoms with van der Waals surface area (Å²) in [5.74, 6) is 0. The molecule has 7 rings (SSSR count). The van der Waals surface area contributed by atoms with Gasteiger partial charge in [0.15, 0.2) is 0 Å². The topological polar surface area (TPSA) is 3.24 Å². The lowest BCUT2D eigenvalue weighted by Gasteiger charge is -2.25. The summed E-state index contributed by atoms with van der Waals surface area (Å²) in [7, 11) is 0. The normalized spacial score (nSPS) is 13.2. The quantitative estimate of drug-likeness (QED) is 0.239. The van der Waals surface area contributed by atoms with Gasteiger partial charge in [-0.25, -0.2) is 0 Å². The van der Waals surface area contributed by atoms with Gasteiger partial charge in [-0.1, -0.05) is 105 Å². The van der Waals surface area contributed by atoms with Crippen LogP contribution in [0.25, 0.3) is 33.0 Å². The van der Waals surface area contributed by atoms with Gasteiger partial charge in [-0.05, 0) is 92.7 Å². The molecule has 0 unspecified atom stereocenters. The van der Waals surface area contributed by atoms with Crippen molar-refractivity contribution in [3.8, 4) is 22.3 Å². The summed E-state index contributed by atoms with van der Waals surface area (Å²) in [6.45, 7) is 4.69. The standard InChI is InChI=1S/C37H29N/c1-37(2)35-19-10-9-17-32(35)34-25-33-27(24-36(34)37)12-11-18-31(33)26-20-22-30(23-21-26)38(28-13-5-3-6-14-28)29-15-7-4-8-16-29/h3-25H,1-2H3. The Balaban J connectivity index is 1.34. The number of para-hydroxylation sites is 2. The van der Waals surface area contributed by atoms with E-state index in [2.05, 4.69) is 158 Å². The van der Waals surface area contributed by atoms with E-state index in [0.29, 0.717) is 0 Å². The molecule has 38 heavy (non-hydrogen) atoms. The first-order valence-electron chi connectivity index (χ1n) is 13.3. The highest BCUT2D eigenvalue weighted by Crippen LogP contribution is 2.50. The molecule has 0 heterocycles. The van der Waals surface area contributed by atoms with Crippen LogP contribution in [0.2, 0.25) is 0 Å². The monoisotopic (exact) mass is 487 g/mol. The fourth-order valence-electron chi connectivity index (χ4n) is 6.12. The lowest BCUT2D eigenvalue weighted by molar-refractivity contribution is 0.661. The van der Waals surface area contributed by atoms with Crippen molar-refractivity contribution < 1.29 is 0 Å². The largest absolute Gasteiger partial charge is 0.311 e. The number of hydrogen-bond donors (Lipinski definition) is 0. The molecule has 1 aliphatic carbocycles. The Hall–Kier alpha value is -4.62. The average molecular weight is 488 g/mol. The molecule has 182 valence electrons. The van der Waals surface area contributed by atoms with Crippen molar-refractivity contribution in [2.75, 3.05) is 4.90 Å². The Bertz CT molecular complexity index is 1720. The number of hydrogen-bond acceptors (Lipinski definition) is 1. The maximum absolute atomic E-state index is 2.42. The average Bonchev–Trinajstić information content (AvgIpc) is 3.19. The van der Waals surface area contributed by atoms with Crippen LogP contribution in [0.15, 0.2) is 140 Å². The fourth-order valence-corrected chi connectivity index (χ4v) is 6.12. The number of fused-ring (bicyclic) bond motifs is 4. The van der Waals surface area contributed by atoms with Gasteiger partial charge in [0.2, 0.25) is 0 Å². The summed E-state index contributed by atoms with van der Waals surface area (Å²) in [5, 5.41) is 2.59. The predicted molar refractivity (Wildman–Crippen MR) is 162 cm³/mol. The molecule has 6 aromatic rings. The number of nitrogens with zero attached hydrogens (tertiary/aromatic N) is 1. The van der Waals surface area contributed by atoms with Gasteiger partial charge in [0.05, 0.1) is 0 Å². The first-order valence-corrected chi connectivity index (χ1v) is 13.3. The third kappa shape index (κ3) is 3.55. The molecule has 0 aliphatic heterocycles. The zero-order valence-corrected chi connectivity index (χ0v) is 21.7. The molecule has 0 spiro atoms. The van der Waals surface area contributed by atoms with Crippen LogP contribution in [0.1, 0.15) is 25.0 Å². The van der Waals surface area contributed by atoms with Crippen molar-refractivity contribution in [2.45, 2.75) is 19.3 Å². The van der Waals surface area contributed by atoms with E-state index in [1.807, 2.05) is 0 Å². The van der Waals surface area contributed by atoms with Gasteiger partial charge in [-0.3, -0.25) is 0 Å². The summed E-state index contributed by atoms with van der Waals surface area (Å²) in [4.78, 5) is 2.30. The minimum Gasteiger partial charge on any atom is -0.311 e. The third-order valence-electron chi connectivity index (χ3n) is 8.05. The van der Waals surface area contributed by atoms with E-state index in [4.69, 9.17) is 0 Å². The van der Waals surface area contributed by atoms with Crippen molar-refractivity contribution in [2.24, 2.45) is 0 Å². The third-order valence-corrected chi connectivity index (χ3v) is 8.05. The Labute approximate surface area is 224 Å². The van der Waals surface area contributed by atoms with Crippen LogP contribution in [-0.4, -0.2) is 0 Å². The van der Waals surface area contributed by atoms with Crippen LogP contribution in [0.3, 0.4) is 0 Å². The summed E-state index contributed by atoms with van der Waals surface area (Å²) in [6.07, 6.45) is 0. The highest BCUT2D eigenvalue weighted by Gasteiger charge is 2.35. The molecule has 0 N–H and O–H groups in total. The van der Waals surface area contributed by atoms with E-state index in [-0.39, 0.29) is 5.41 Å². The van der Waals surface area contributed by atoms with Crippen LogP contribution in [-0.2, 0) is 5.41 Å². The van der Waals surface area contributed by atoms with Gasteiger partial charge in [-0.2, -0.15) is 0 Å². The van der Waals surface area contributed by atoms with Crippen molar-refractivity contribution in [3.63, 3.8) is 0 Å². The Kier molecular flexibility index (Phi) is 5.19. The molecule has 0 bridgehead atoms. The molecule has 0 radical (unpaired) electrons. The maximum Gasteiger partial charge on any atom is 0.0462 e. The number of rotatable bonds is 4. The minimum atomic E-state index is 0.0100. The van der Waals surface area contributed by atoms with Crippen LogP contribution in [0.5, 0.6) is 0 Å². The fraction of sp³-hybridized carbons (Fsp3) is 0.0811. The van der Waals surface area contributed by atoms with Gasteiger partial charge in [-0.15, -0.1) is 0 Å². The summed E-state index contributed by atoms with van der Waals surface area (Å²) in [6, 6.07) is 50.5. The second kappa shape index (κ2) is 8.75. The molecule has 0 saturated heterocycles. The van der Waals surface area contributed by atoms with Crippen molar-refractivity contribution in [1.82, 2.24) is 0 Å². The van der Waals surface area contributed by atoms with Gasteiger partial charge >= 0.3 is 0 Å². The first kappa shape index (κ1) is 22.6. The molecule has 1 nitrogen and oxygen atoms in total. The number of anilines is 3. The second-order valence-electron chi connectivity index (χ2n) is 10.6. The lowest BCUT2D eigenvalue weighted by atomic mass is 9.81. The molecule has 1 heteroatoms. The van der Waals surface area contributed by atoms with E-state index in [1.54, 1.807) is 0 Å². The second-order valence-corrected chi connectivity index (χ2v) is 10.6. The molecular formula is C37H29N. The summed E-state index contributed by atoms with van der Waals surface area (Å²) in [5.41, 5.74) is 11.5. The van der Waals surface area contributed by atoms with Crippen LogP contribution in [0.4, 0.5) is 17.1 Å². The molecule has 0 atom stereocenters. The van der Waals surface area contributed by atoms with Crippen molar-refractivity contribution in [1.29, 1.82) is 0 Å². The van der Waals surface area contributed by atoms with E-state index in [9.17, 15) is 0 Å². The first-order chi connectivity index (χ1) is 18.6. The Morgan fingerprint density at radius 3 is 1.71 bits per heavy atom. The van der Waals surface area contributed by atoms with E-state index in [0.717, 1.165) is 17.1 Å². The van der Waals surface area contributed by atoms with Crippen LogP contribution in [0, 0.1) is 0 Å². The molecule has 6 aromatic carbocycles. The molecule has 0 fully saturated rings. The molecule has 0 amide bonds. The Morgan fingerprint density at radius 2 is 1.03 bits per heavy atom. The molecule has 0 saturated carbocycles. The summed E-state index contributed by atoms with van der Waals surface area (Å²) >= 11 is 0. The zero-order valence-electron chi connectivity index (χ0n) is 21.7. The molecule has 0 aromatic heterocycles. The van der Waals surface area contributed by atoms with Gasteiger partial charge < -0.3 is 4.90 Å². The molecule has 1 aliphatic rings. The highest BCUT2D eigenvalue weighted by molar-refractivity contribution is 6.02. The number of benzene rings is 6. The van der Waals surface area contributed by atoms with Crippen LogP contribution >= 0.6 is 0 Å². The SMILES string of the molecule is CC1(C)c2ccccc2-c2cc3c(-c4ccc(N(c5ccccc5)c5ccccc5)cc4)cccc3cc21. The van der Waals surface area contributed by atoms with Gasteiger partial charge in [0, 0.05) is 22.5 Å². The van der Waals surface area contributed by atoms with E-state index < -0.39 is 0 Å². The van der Waals surface area contributed by atoms with Crippen molar-refractivity contribution in [3.05, 3.63) is 151 Å². The van der Waals surface area contributed by atoms with Crippen LogP contribution < -0.4 is 4.90 Å². The highest BCUT2D eigenvalue weighted by atomic mass is 15.1. The van der Waals surface area contributed by atoms with Gasteiger partial charge in [0.1, 0.15) is 0 Å². The smallest absolute Gasteiger partial charge is 0.0462 e. The van der Waals surface area contributed by atoms with E-state index >= 15 is 0 Å².